The first kappa shape index (κ1) is 16.4. The third-order valence-corrected chi connectivity index (χ3v) is 5.13. The SMILES string of the molecule is O=C(O)CC1CCN(Cc2conc2C2CCC2)CCC1(F)F. The highest BCUT2D eigenvalue weighted by Crippen LogP contribution is 2.39. The van der Waals surface area contributed by atoms with Crippen molar-refractivity contribution in [3.8, 4) is 0 Å². The van der Waals surface area contributed by atoms with E-state index in [1.807, 2.05) is 4.90 Å². The predicted molar refractivity (Wildman–Crippen MR) is 78.3 cm³/mol. The second-order valence-electron chi connectivity index (χ2n) is 6.72. The van der Waals surface area contributed by atoms with Crippen molar-refractivity contribution in [3.63, 3.8) is 0 Å². The number of alkyl halides is 2. The third kappa shape index (κ3) is 3.71. The monoisotopic (exact) mass is 328 g/mol. The molecule has 0 spiro atoms. The normalized spacial score (nSPS) is 25.7. The molecule has 2 fully saturated rings. The average molecular weight is 328 g/mol. The van der Waals surface area contributed by atoms with Gasteiger partial charge in [0.05, 0.1) is 12.1 Å². The Morgan fingerprint density at radius 3 is 2.83 bits per heavy atom. The molecule has 7 heteroatoms. The lowest BCUT2D eigenvalue weighted by Crippen LogP contribution is -2.30. The zero-order valence-corrected chi connectivity index (χ0v) is 13.0. The molecule has 0 aromatic carbocycles. The van der Waals surface area contributed by atoms with Crippen molar-refractivity contribution in [2.45, 2.75) is 56.9 Å². The first-order chi connectivity index (χ1) is 11.0. The highest BCUT2D eigenvalue weighted by Gasteiger charge is 2.42. The Kier molecular flexibility index (Phi) is 4.66. The molecular weight excluding hydrogens is 306 g/mol. The van der Waals surface area contributed by atoms with Crippen molar-refractivity contribution >= 4 is 5.97 Å². The maximum Gasteiger partial charge on any atom is 0.303 e. The topological polar surface area (TPSA) is 66.6 Å². The van der Waals surface area contributed by atoms with Gasteiger partial charge in [-0.3, -0.25) is 9.69 Å². The molecule has 0 bridgehead atoms. The van der Waals surface area contributed by atoms with Crippen LogP contribution >= 0.6 is 0 Å². The van der Waals surface area contributed by atoms with Crippen molar-refractivity contribution in [1.82, 2.24) is 10.1 Å². The first-order valence-electron chi connectivity index (χ1n) is 8.21. The van der Waals surface area contributed by atoms with E-state index in [9.17, 15) is 13.6 Å². The smallest absolute Gasteiger partial charge is 0.303 e. The van der Waals surface area contributed by atoms with Crippen LogP contribution in [0.3, 0.4) is 0 Å². The molecule has 0 radical (unpaired) electrons. The predicted octanol–water partition coefficient (Wildman–Crippen LogP) is 3.26. The summed E-state index contributed by atoms with van der Waals surface area (Å²) >= 11 is 0. The van der Waals surface area contributed by atoms with Crippen LogP contribution in [0.5, 0.6) is 0 Å². The largest absolute Gasteiger partial charge is 0.481 e. The number of halogens is 2. The van der Waals surface area contributed by atoms with Crippen molar-refractivity contribution in [2.24, 2.45) is 5.92 Å². The third-order valence-electron chi connectivity index (χ3n) is 5.13. The van der Waals surface area contributed by atoms with E-state index in [0.717, 1.165) is 24.1 Å². The maximum atomic E-state index is 14.1. The Labute approximate surface area is 133 Å². The quantitative estimate of drug-likeness (QED) is 0.898. The van der Waals surface area contributed by atoms with Gasteiger partial charge < -0.3 is 9.63 Å². The molecule has 2 heterocycles. The van der Waals surface area contributed by atoms with E-state index in [1.54, 1.807) is 6.26 Å². The summed E-state index contributed by atoms with van der Waals surface area (Å²) in [4.78, 5) is 12.8. The first-order valence-corrected chi connectivity index (χ1v) is 8.21. The van der Waals surface area contributed by atoms with Gasteiger partial charge in [0.15, 0.2) is 0 Å². The molecule has 23 heavy (non-hydrogen) atoms. The summed E-state index contributed by atoms with van der Waals surface area (Å²) in [5, 5.41) is 12.9. The molecule has 1 aliphatic heterocycles. The van der Waals surface area contributed by atoms with E-state index in [4.69, 9.17) is 9.63 Å². The summed E-state index contributed by atoms with van der Waals surface area (Å²) in [5.41, 5.74) is 1.95. The zero-order valence-electron chi connectivity index (χ0n) is 13.0. The van der Waals surface area contributed by atoms with Gasteiger partial charge in [-0.25, -0.2) is 8.78 Å². The highest BCUT2D eigenvalue weighted by atomic mass is 19.3. The van der Waals surface area contributed by atoms with E-state index in [2.05, 4.69) is 5.16 Å². The lowest BCUT2D eigenvalue weighted by Gasteiger charge is -2.25. The maximum absolute atomic E-state index is 14.1. The van der Waals surface area contributed by atoms with E-state index >= 15 is 0 Å². The van der Waals surface area contributed by atoms with Gasteiger partial charge in [0.1, 0.15) is 6.26 Å². The Hall–Kier alpha value is -1.50. The number of hydrogen-bond donors (Lipinski definition) is 1. The standard InChI is InChI=1S/C16H22F2N2O3/c17-16(18)5-7-20(6-4-13(16)8-14(21)22)9-12-10-23-19-15(12)11-2-1-3-11/h10-11,13H,1-9H2,(H,21,22). The molecule has 128 valence electrons. The van der Waals surface area contributed by atoms with Gasteiger partial charge in [-0.05, 0) is 25.8 Å². The lowest BCUT2D eigenvalue weighted by atomic mass is 9.81. The molecule has 2 aliphatic rings. The molecule has 1 saturated heterocycles. The fraction of sp³-hybridized carbons (Fsp3) is 0.750. The second kappa shape index (κ2) is 6.55. The lowest BCUT2D eigenvalue weighted by molar-refractivity contribution is -0.143. The highest BCUT2D eigenvalue weighted by molar-refractivity contribution is 5.67. The number of carbonyl (C=O) groups is 1. The number of likely N-dealkylation sites (tertiary alicyclic amines) is 1. The number of nitrogens with zero attached hydrogens (tertiary/aromatic N) is 2. The number of carboxylic acids is 1. The fourth-order valence-electron chi connectivity index (χ4n) is 3.44. The zero-order chi connectivity index (χ0) is 16.4. The minimum Gasteiger partial charge on any atom is -0.481 e. The molecule has 1 aromatic heterocycles. The number of carboxylic acid groups (broad SMARTS) is 1. The molecule has 1 atom stereocenters. The Bertz CT molecular complexity index is 557. The van der Waals surface area contributed by atoms with Crippen LogP contribution in [0.25, 0.3) is 0 Å². The van der Waals surface area contributed by atoms with Gasteiger partial charge in [-0.2, -0.15) is 0 Å². The molecule has 5 nitrogen and oxygen atoms in total. The van der Waals surface area contributed by atoms with Gasteiger partial charge >= 0.3 is 5.97 Å². The second-order valence-corrected chi connectivity index (χ2v) is 6.72. The van der Waals surface area contributed by atoms with Gasteiger partial charge in [0.25, 0.3) is 5.92 Å². The van der Waals surface area contributed by atoms with E-state index < -0.39 is 24.2 Å². The summed E-state index contributed by atoms with van der Waals surface area (Å²) in [5.74, 6) is -4.72. The van der Waals surface area contributed by atoms with Gasteiger partial charge in [-0.1, -0.05) is 11.6 Å². The van der Waals surface area contributed by atoms with Crippen molar-refractivity contribution in [3.05, 3.63) is 17.5 Å². The van der Waals surface area contributed by atoms with E-state index in [-0.39, 0.29) is 19.4 Å². The molecular formula is C16H22F2N2O3. The Morgan fingerprint density at radius 1 is 1.39 bits per heavy atom. The Balaban J connectivity index is 1.64. The number of rotatable bonds is 5. The average Bonchev–Trinajstić information content (AvgIpc) is 2.80. The van der Waals surface area contributed by atoms with Gasteiger partial charge in [-0.15, -0.1) is 0 Å². The van der Waals surface area contributed by atoms with Crippen LogP contribution in [0.1, 0.15) is 55.7 Å². The molecule has 3 rings (SSSR count). The van der Waals surface area contributed by atoms with Gasteiger partial charge in [0.2, 0.25) is 0 Å². The minimum absolute atomic E-state index is 0.198. The molecule has 1 unspecified atom stereocenters. The van der Waals surface area contributed by atoms with Crippen LogP contribution in [0.2, 0.25) is 0 Å². The molecule has 1 aromatic rings. The molecule has 1 saturated carbocycles. The summed E-state index contributed by atoms with van der Waals surface area (Å²) in [7, 11) is 0. The number of aromatic nitrogens is 1. The molecule has 1 aliphatic carbocycles. The van der Waals surface area contributed by atoms with Crippen molar-refractivity contribution in [2.75, 3.05) is 13.1 Å². The Morgan fingerprint density at radius 2 is 2.17 bits per heavy atom. The van der Waals surface area contributed by atoms with Crippen LogP contribution in [-0.2, 0) is 11.3 Å². The van der Waals surface area contributed by atoms with Gasteiger partial charge in [0, 0.05) is 36.9 Å². The summed E-state index contributed by atoms with van der Waals surface area (Å²) in [6.45, 7) is 1.28. The van der Waals surface area contributed by atoms with Crippen molar-refractivity contribution < 1.29 is 23.2 Å². The number of aliphatic carboxylic acids is 1. The van der Waals surface area contributed by atoms with Crippen LogP contribution in [0.4, 0.5) is 8.78 Å². The summed E-state index contributed by atoms with van der Waals surface area (Å²) < 4.78 is 33.3. The van der Waals surface area contributed by atoms with Crippen LogP contribution in [0.15, 0.2) is 10.8 Å². The summed E-state index contributed by atoms with van der Waals surface area (Å²) in [6, 6.07) is 0. The minimum atomic E-state index is -2.92. The van der Waals surface area contributed by atoms with Crippen molar-refractivity contribution in [1.29, 1.82) is 0 Å². The van der Waals surface area contributed by atoms with E-state index in [1.165, 1.54) is 6.42 Å². The fourth-order valence-corrected chi connectivity index (χ4v) is 3.44. The molecule has 0 amide bonds. The summed E-state index contributed by atoms with van der Waals surface area (Å²) in [6.07, 6.45) is 4.46. The van der Waals surface area contributed by atoms with Crippen LogP contribution in [0, 0.1) is 5.92 Å². The van der Waals surface area contributed by atoms with Crippen LogP contribution in [-0.4, -0.2) is 40.1 Å². The number of hydrogen-bond acceptors (Lipinski definition) is 4. The molecule has 1 N–H and O–H groups in total. The van der Waals surface area contributed by atoms with E-state index in [0.29, 0.717) is 19.0 Å². The van der Waals surface area contributed by atoms with Crippen LogP contribution < -0.4 is 0 Å².